The second kappa shape index (κ2) is 5.55. The van der Waals surface area contributed by atoms with Gasteiger partial charge in [0.05, 0.1) is 11.5 Å². The molecule has 1 aliphatic rings. The lowest BCUT2D eigenvalue weighted by atomic mass is 10.1. The molecule has 3 N–H and O–H groups in total. The molecule has 1 aromatic rings. The molecule has 2 heterocycles. The van der Waals surface area contributed by atoms with E-state index in [1.807, 2.05) is 20.8 Å². The SMILES string of the molecule is Cc1c(N)nc(C(C)C)nc1NCC1CCS(=O)(=O)C1. The number of nitrogens with two attached hydrogens (primary N) is 1. The highest BCUT2D eigenvalue weighted by molar-refractivity contribution is 7.91. The highest BCUT2D eigenvalue weighted by Crippen LogP contribution is 2.23. The van der Waals surface area contributed by atoms with E-state index in [1.54, 1.807) is 0 Å². The number of aromatic nitrogens is 2. The molecular formula is C13H22N4O2S. The van der Waals surface area contributed by atoms with Crippen molar-refractivity contribution in [3.63, 3.8) is 0 Å². The Morgan fingerprint density at radius 1 is 1.40 bits per heavy atom. The maximum atomic E-state index is 11.4. The molecule has 1 fully saturated rings. The van der Waals surface area contributed by atoms with Crippen LogP contribution in [-0.4, -0.2) is 36.4 Å². The highest BCUT2D eigenvalue weighted by Gasteiger charge is 2.27. The lowest BCUT2D eigenvalue weighted by molar-refractivity contribution is 0.595. The van der Waals surface area contributed by atoms with Crippen molar-refractivity contribution in [3.8, 4) is 0 Å². The van der Waals surface area contributed by atoms with E-state index in [2.05, 4.69) is 15.3 Å². The molecule has 0 saturated carbocycles. The number of rotatable bonds is 4. The van der Waals surface area contributed by atoms with Crippen LogP contribution in [0.2, 0.25) is 0 Å². The van der Waals surface area contributed by atoms with Crippen LogP contribution >= 0.6 is 0 Å². The number of hydrogen-bond acceptors (Lipinski definition) is 6. The van der Waals surface area contributed by atoms with Gasteiger partial charge in [-0.25, -0.2) is 18.4 Å². The summed E-state index contributed by atoms with van der Waals surface area (Å²) in [7, 11) is -2.84. The molecule has 112 valence electrons. The summed E-state index contributed by atoms with van der Waals surface area (Å²) in [5.41, 5.74) is 6.71. The second-order valence-electron chi connectivity index (χ2n) is 5.75. The van der Waals surface area contributed by atoms with Gasteiger partial charge < -0.3 is 11.1 Å². The summed E-state index contributed by atoms with van der Waals surface area (Å²) in [5, 5.41) is 3.23. The molecule has 2 rings (SSSR count). The summed E-state index contributed by atoms with van der Waals surface area (Å²) in [5.74, 6) is 2.80. The average Bonchev–Trinajstić information content (AvgIpc) is 2.70. The molecule has 1 aliphatic heterocycles. The molecule has 1 saturated heterocycles. The van der Waals surface area contributed by atoms with Gasteiger partial charge in [0.15, 0.2) is 9.84 Å². The molecule has 1 atom stereocenters. The summed E-state index contributed by atoms with van der Waals surface area (Å²) in [4.78, 5) is 8.74. The van der Waals surface area contributed by atoms with Gasteiger partial charge >= 0.3 is 0 Å². The van der Waals surface area contributed by atoms with Crippen LogP contribution in [0.1, 0.15) is 37.6 Å². The van der Waals surface area contributed by atoms with Gasteiger partial charge in [0.2, 0.25) is 0 Å². The topological polar surface area (TPSA) is 98.0 Å². The van der Waals surface area contributed by atoms with Gasteiger partial charge in [0.25, 0.3) is 0 Å². The van der Waals surface area contributed by atoms with Crippen molar-refractivity contribution in [1.29, 1.82) is 0 Å². The van der Waals surface area contributed by atoms with Gasteiger partial charge in [-0.1, -0.05) is 13.8 Å². The fraction of sp³-hybridized carbons (Fsp3) is 0.692. The van der Waals surface area contributed by atoms with E-state index in [0.29, 0.717) is 36.2 Å². The van der Waals surface area contributed by atoms with Crippen molar-refractivity contribution < 1.29 is 8.42 Å². The Kier molecular flexibility index (Phi) is 4.17. The van der Waals surface area contributed by atoms with Crippen molar-refractivity contribution in [1.82, 2.24) is 9.97 Å². The first-order chi connectivity index (χ1) is 9.28. The Hall–Kier alpha value is -1.37. The Morgan fingerprint density at radius 3 is 2.65 bits per heavy atom. The molecule has 7 heteroatoms. The van der Waals surface area contributed by atoms with E-state index in [-0.39, 0.29) is 17.6 Å². The van der Waals surface area contributed by atoms with Crippen LogP contribution in [0.15, 0.2) is 0 Å². The number of nitrogen functional groups attached to an aromatic ring is 1. The fourth-order valence-electron chi connectivity index (χ4n) is 2.26. The molecule has 0 bridgehead atoms. The minimum atomic E-state index is -2.84. The van der Waals surface area contributed by atoms with E-state index in [4.69, 9.17) is 5.73 Å². The number of anilines is 2. The molecule has 0 amide bonds. The van der Waals surface area contributed by atoms with Gasteiger partial charge in [-0.2, -0.15) is 0 Å². The lowest BCUT2D eigenvalue weighted by Gasteiger charge is -2.15. The number of nitrogens with zero attached hydrogens (tertiary/aromatic N) is 2. The fourth-order valence-corrected chi connectivity index (χ4v) is 4.12. The van der Waals surface area contributed by atoms with Crippen LogP contribution in [-0.2, 0) is 9.84 Å². The minimum Gasteiger partial charge on any atom is -0.383 e. The van der Waals surface area contributed by atoms with Crippen LogP contribution < -0.4 is 11.1 Å². The summed E-state index contributed by atoms with van der Waals surface area (Å²) >= 11 is 0. The molecular weight excluding hydrogens is 276 g/mol. The van der Waals surface area contributed by atoms with Crippen molar-refractivity contribution >= 4 is 21.5 Å². The summed E-state index contributed by atoms with van der Waals surface area (Å²) in [6, 6.07) is 0. The zero-order valence-corrected chi connectivity index (χ0v) is 13.0. The van der Waals surface area contributed by atoms with E-state index >= 15 is 0 Å². The Labute approximate surface area is 120 Å². The van der Waals surface area contributed by atoms with E-state index in [9.17, 15) is 8.42 Å². The third kappa shape index (κ3) is 3.39. The van der Waals surface area contributed by atoms with Crippen LogP contribution in [0.25, 0.3) is 0 Å². The van der Waals surface area contributed by atoms with Gasteiger partial charge in [-0.3, -0.25) is 0 Å². The number of sulfone groups is 1. The molecule has 6 nitrogen and oxygen atoms in total. The molecule has 0 radical (unpaired) electrons. The third-order valence-corrected chi connectivity index (χ3v) is 5.44. The van der Waals surface area contributed by atoms with Gasteiger partial charge in [0.1, 0.15) is 17.5 Å². The molecule has 0 aromatic carbocycles. The molecule has 1 unspecified atom stereocenters. The van der Waals surface area contributed by atoms with Crippen LogP contribution in [0, 0.1) is 12.8 Å². The maximum Gasteiger partial charge on any atom is 0.150 e. The molecule has 0 aliphatic carbocycles. The maximum absolute atomic E-state index is 11.4. The van der Waals surface area contributed by atoms with Gasteiger partial charge in [0, 0.05) is 18.0 Å². The normalized spacial score (nSPS) is 21.3. The summed E-state index contributed by atoms with van der Waals surface area (Å²) in [6.45, 7) is 6.50. The van der Waals surface area contributed by atoms with Crippen LogP contribution in [0.3, 0.4) is 0 Å². The molecule has 0 spiro atoms. The van der Waals surface area contributed by atoms with Crippen molar-refractivity contribution in [2.45, 2.75) is 33.1 Å². The summed E-state index contributed by atoms with van der Waals surface area (Å²) < 4.78 is 22.9. The quantitative estimate of drug-likeness (QED) is 0.870. The highest BCUT2D eigenvalue weighted by atomic mass is 32.2. The number of nitrogens with one attached hydrogen (secondary N) is 1. The molecule has 20 heavy (non-hydrogen) atoms. The largest absolute Gasteiger partial charge is 0.383 e. The first-order valence-electron chi connectivity index (χ1n) is 6.87. The predicted octanol–water partition coefficient (Wildman–Crippen LogP) is 1.34. The monoisotopic (exact) mass is 298 g/mol. The van der Waals surface area contributed by atoms with E-state index in [1.165, 1.54) is 0 Å². The molecule has 1 aromatic heterocycles. The minimum absolute atomic E-state index is 0.151. The Bertz CT molecular complexity index is 599. The number of hydrogen-bond donors (Lipinski definition) is 2. The standard InChI is InChI=1S/C13H22N4O2S/c1-8(2)12-16-11(14)9(3)13(17-12)15-6-10-4-5-20(18,19)7-10/h8,10H,4-7H2,1-3H3,(H3,14,15,16,17). The van der Waals surface area contributed by atoms with Crippen LogP contribution in [0.4, 0.5) is 11.6 Å². The summed E-state index contributed by atoms with van der Waals surface area (Å²) in [6.07, 6.45) is 0.714. The zero-order valence-electron chi connectivity index (χ0n) is 12.2. The Morgan fingerprint density at radius 2 is 2.10 bits per heavy atom. The zero-order chi connectivity index (χ0) is 14.9. The van der Waals surface area contributed by atoms with Crippen molar-refractivity contribution in [2.24, 2.45) is 5.92 Å². The third-order valence-electron chi connectivity index (χ3n) is 3.60. The van der Waals surface area contributed by atoms with E-state index in [0.717, 1.165) is 5.56 Å². The smallest absolute Gasteiger partial charge is 0.150 e. The lowest BCUT2D eigenvalue weighted by Crippen LogP contribution is -2.18. The van der Waals surface area contributed by atoms with Crippen molar-refractivity contribution in [3.05, 3.63) is 11.4 Å². The predicted molar refractivity (Wildman–Crippen MR) is 80.5 cm³/mol. The Balaban J connectivity index is 2.09. The van der Waals surface area contributed by atoms with Crippen LogP contribution in [0.5, 0.6) is 0 Å². The average molecular weight is 298 g/mol. The second-order valence-corrected chi connectivity index (χ2v) is 7.97. The first kappa shape index (κ1) is 15.0. The van der Waals surface area contributed by atoms with Gasteiger partial charge in [-0.05, 0) is 19.3 Å². The van der Waals surface area contributed by atoms with Crippen molar-refractivity contribution in [2.75, 3.05) is 29.1 Å². The van der Waals surface area contributed by atoms with E-state index < -0.39 is 9.84 Å². The first-order valence-corrected chi connectivity index (χ1v) is 8.69. The van der Waals surface area contributed by atoms with Gasteiger partial charge in [-0.15, -0.1) is 0 Å².